The van der Waals surface area contributed by atoms with Gasteiger partial charge in [-0.25, -0.2) is 0 Å². The van der Waals surface area contributed by atoms with Crippen LogP contribution in [0.15, 0.2) is 0 Å². The van der Waals surface area contributed by atoms with E-state index in [1.807, 2.05) is 0 Å². The monoisotopic (exact) mass is 354 g/mol. The van der Waals surface area contributed by atoms with Gasteiger partial charge in [0.2, 0.25) is 0 Å². The lowest BCUT2D eigenvalue weighted by molar-refractivity contribution is -0.0803. The third kappa shape index (κ3) is 1.07. The number of hydrogen-bond acceptors (Lipinski definition) is 0. The standard InChI is InChI=1S/C26H42/c1-19(2,3)23-24(20(4,5)6)25(23,21(7,8)9)26(23,24)22-13-16-10-17(14-22)12-18(11-16)15-22/h16-18H,10-15H2,1-9H3. The van der Waals surface area contributed by atoms with Gasteiger partial charge >= 0.3 is 0 Å². The quantitative estimate of drug-likeness (QED) is 0.462. The van der Waals surface area contributed by atoms with Crippen LogP contribution in [0.4, 0.5) is 0 Å². The fourth-order valence-corrected chi connectivity index (χ4v) is 12.9. The maximum absolute atomic E-state index is 2.61. The second-order valence-corrected chi connectivity index (χ2v) is 14.9. The van der Waals surface area contributed by atoms with Gasteiger partial charge < -0.3 is 0 Å². The Bertz CT molecular complexity index is 607. The molecule has 8 aliphatic carbocycles. The Balaban J connectivity index is 1.57. The van der Waals surface area contributed by atoms with Crippen molar-refractivity contribution < 1.29 is 0 Å². The maximum atomic E-state index is 2.61. The Morgan fingerprint density at radius 1 is 0.500 bits per heavy atom. The lowest BCUT2D eigenvalue weighted by atomic mass is 9.47. The van der Waals surface area contributed by atoms with Gasteiger partial charge in [0.15, 0.2) is 0 Å². The van der Waals surface area contributed by atoms with Gasteiger partial charge in [-0.1, -0.05) is 62.3 Å². The van der Waals surface area contributed by atoms with Crippen molar-refractivity contribution in [2.45, 2.75) is 101 Å². The lowest BCUT2D eigenvalue weighted by Gasteiger charge is -2.58. The molecular weight excluding hydrogens is 312 g/mol. The van der Waals surface area contributed by atoms with Crippen LogP contribution in [0.5, 0.6) is 0 Å². The Morgan fingerprint density at radius 3 is 1.00 bits per heavy atom. The summed E-state index contributed by atoms with van der Waals surface area (Å²) < 4.78 is 0. The minimum atomic E-state index is 0.455. The highest BCUT2D eigenvalue weighted by atomic mass is 15.4. The van der Waals surface area contributed by atoms with E-state index < -0.39 is 0 Å². The Kier molecular flexibility index (Phi) is 2.36. The van der Waals surface area contributed by atoms with Crippen molar-refractivity contribution in [2.24, 2.45) is 61.1 Å². The van der Waals surface area contributed by atoms with E-state index in [-0.39, 0.29) is 0 Å². The zero-order valence-corrected chi connectivity index (χ0v) is 19.0. The van der Waals surface area contributed by atoms with Crippen LogP contribution in [-0.4, -0.2) is 0 Å². The van der Waals surface area contributed by atoms with Crippen LogP contribution in [-0.2, 0) is 0 Å². The summed E-state index contributed by atoms with van der Waals surface area (Å²) in [6.45, 7) is 23.5. The van der Waals surface area contributed by atoms with Crippen LogP contribution in [0, 0.1) is 61.1 Å². The molecule has 0 atom stereocenters. The average Bonchev–Trinajstić information content (AvgIpc) is 3.27. The van der Waals surface area contributed by atoms with Crippen LogP contribution < -0.4 is 0 Å². The SMILES string of the molecule is CC(C)(C)C12C3(C(C)(C)C)C1(C(C)(C)C)C23C12CC3CC(CC(C3)C1)C2. The molecule has 26 heavy (non-hydrogen) atoms. The van der Waals surface area contributed by atoms with Crippen LogP contribution in [0.25, 0.3) is 0 Å². The molecule has 0 nitrogen and oxygen atoms in total. The van der Waals surface area contributed by atoms with E-state index in [2.05, 4.69) is 62.3 Å². The van der Waals surface area contributed by atoms with Crippen LogP contribution >= 0.6 is 0 Å². The molecule has 8 fully saturated rings. The van der Waals surface area contributed by atoms with Crippen molar-refractivity contribution in [3.05, 3.63) is 0 Å². The average molecular weight is 355 g/mol. The summed E-state index contributed by atoms with van der Waals surface area (Å²) in [5, 5.41) is 0. The summed E-state index contributed by atoms with van der Waals surface area (Å²) >= 11 is 0. The van der Waals surface area contributed by atoms with Gasteiger partial charge in [-0.05, 0) is 99.6 Å². The second kappa shape index (κ2) is 3.63. The summed E-state index contributed by atoms with van der Waals surface area (Å²) in [5.74, 6) is 3.26. The van der Waals surface area contributed by atoms with E-state index in [0.717, 1.165) is 23.2 Å². The van der Waals surface area contributed by atoms with E-state index in [1.165, 1.54) is 0 Å². The summed E-state index contributed by atoms with van der Waals surface area (Å²) in [6.07, 6.45) is 9.57. The largest absolute Gasteiger partial charge is 0.0596 e. The number of hydrogen-bond donors (Lipinski definition) is 0. The highest BCUT2D eigenvalue weighted by Crippen LogP contribution is 3.42. The minimum absolute atomic E-state index is 0.455. The summed E-state index contributed by atoms with van der Waals surface area (Å²) in [5.41, 5.74) is 4.71. The van der Waals surface area contributed by atoms with E-state index in [9.17, 15) is 0 Å². The molecular formula is C26H42. The first kappa shape index (κ1) is 16.9. The van der Waals surface area contributed by atoms with E-state index in [4.69, 9.17) is 0 Å². The van der Waals surface area contributed by atoms with Gasteiger partial charge in [-0.2, -0.15) is 0 Å². The molecule has 0 unspecified atom stereocenters. The zero-order valence-electron chi connectivity index (χ0n) is 19.0. The molecule has 146 valence electrons. The summed E-state index contributed by atoms with van der Waals surface area (Å²) in [4.78, 5) is 0. The Morgan fingerprint density at radius 2 is 0.769 bits per heavy atom. The van der Waals surface area contributed by atoms with Gasteiger partial charge in [-0.15, -0.1) is 0 Å². The van der Waals surface area contributed by atoms with Gasteiger partial charge in [-0.3, -0.25) is 0 Å². The molecule has 0 aromatic heterocycles. The normalized spacial score (nSPS) is 61.5. The van der Waals surface area contributed by atoms with Gasteiger partial charge in [0.05, 0.1) is 0 Å². The molecule has 8 saturated carbocycles. The Labute approximate surface area is 162 Å². The first-order valence-corrected chi connectivity index (χ1v) is 11.7. The summed E-state index contributed by atoms with van der Waals surface area (Å²) in [7, 11) is 0. The Hall–Kier alpha value is 0. The molecule has 8 aliphatic rings. The number of rotatable bonds is 1. The fourth-order valence-electron chi connectivity index (χ4n) is 12.9. The molecule has 0 aliphatic heterocycles. The van der Waals surface area contributed by atoms with Crippen molar-refractivity contribution in [3.63, 3.8) is 0 Å². The van der Waals surface area contributed by atoms with Crippen molar-refractivity contribution in [1.29, 1.82) is 0 Å². The molecule has 0 N–H and O–H groups in total. The van der Waals surface area contributed by atoms with Crippen LogP contribution in [0.3, 0.4) is 0 Å². The lowest BCUT2D eigenvalue weighted by Crippen LogP contribution is -2.48. The molecule has 4 bridgehead atoms. The van der Waals surface area contributed by atoms with Crippen molar-refractivity contribution in [1.82, 2.24) is 0 Å². The van der Waals surface area contributed by atoms with E-state index in [0.29, 0.717) is 37.9 Å². The third-order valence-electron chi connectivity index (χ3n) is 11.3. The maximum Gasteiger partial charge on any atom is -0.00206 e. The van der Waals surface area contributed by atoms with Crippen LogP contribution in [0.1, 0.15) is 101 Å². The van der Waals surface area contributed by atoms with Gasteiger partial charge in [0.25, 0.3) is 0 Å². The highest BCUT2D eigenvalue weighted by molar-refractivity contribution is 5.85. The minimum Gasteiger partial charge on any atom is -0.0596 e. The molecule has 8 rings (SSSR count). The first-order valence-electron chi connectivity index (χ1n) is 11.7. The molecule has 0 aromatic rings. The van der Waals surface area contributed by atoms with Gasteiger partial charge in [0.1, 0.15) is 0 Å². The topological polar surface area (TPSA) is 0 Å². The zero-order chi connectivity index (χ0) is 19.0. The van der Waals surface area contributed by atoms with E-state index in [1.54, 1.807) is 38.5 Å². The van der Waals surface area contributed by atoms with E-state index >= 15 is 0 Å². The highest BCUT2D eigenvalue weighted by Gasteiger charge is 3.40. The van der Waals surface area contributed by atoms with Gasteiger partial charge in [0, 0.05) is 0 Å². The molecule has 0 heteroatoms. The molecule has 0 amide bonds. The summed E-state index contributed by atoms with van der Waals surface area (Å²) in [6, 6.07) is 0. The van der Waals surface area contributed by atoms with Crippen molar-refractivity contribution in [2.75, 3.05) is 0 Å². The predicted molar refractivity (Wildman–Crippen MR) is 109 cm³/mol. The predicted octanol–water partition coefficient (Wildman–Crippen LogP) is 7.33. The molecule has 0 spiro atoms. The molecule has 0 aromatic carbocycles. The first-order chi connectivity index (χ1) is 11.7. The molecule has 0 heterocycles. The second-order valence-electron chi connectivity index (χ2n) is 14.9. The fraction of sp³-hybridized carbons (Fsp3) is 1.00. The molecule has 0 saturated heterocycles. The van der Waals surface area contributed by atoms with Crippen molar-refractivity contribution >= 4 is 0 Å². The third-order valence-corrected chi connectivity index (χ3v) is 11.3. The van der Waals surface area contributed by atoms with Crippen molar-refractivity contribution in [3.8, 4) is 0 Å². The molecule has 0 radical (unpaired) electrons. The smallest absolute Gasteiger partial charge is 0.00206 e. The van der Waals surface area contributed by atoms with Crippen LogP contribution in [0.2, 0.25) is 0 Å².